The zero-order valence-electron chi connectivity index (χ0n) is 6.19. The van der Waals surface area contributed by atoms with E-state index in [1.807, 2.05) is 12.1 Å². The summed E-state index contributed by atoms with van der Waals surface area (Å²) in [6.07, 6.45) is 1.30. The lowest BCUT2D eigenvalue weighted by molar-refractivity contribution is 1.15. The highest BCUT2D eigenvalue weighted by molar-refractivity contribution is 5.86. The number of benzene rings is 1. The maximum atomic E-state index is 11.1. The topological polar surface area (TPSA) is 51.8 Å². The molecule has 0 unspecified atom stereocenters. The smallest absolute Gasteiger partial charge is 0.101 e. The molecule has 0 amide bonds. The second-order valence-electron chi connectivity index (χ2n) is 2.50. The standard InChI is InChI=1S/C9H5N2O/c10-5-7-6-11(12)9-4-2-1-3-8(7)9/h1-4,6H/q-1. The summed E-state index contributed by atoms with van der Waals surface area (Å²) in [6, 6.07) is 9.02. The van der Waals surface area contributed by atoms with Gasteiger partial charge in [-0.1, -0.05) is 18.2 Å². The molecule has 3 heteroatoms. The van der Waals surface area contributed by atoms with Gasteiger partial charge in [-0.25, -0.2) is 0 Å². The fraction of sp³-hybridized carbons (Fsp3) is 0. The molecule has 0 saturated heterocycles. The van der Waals surface area contributed by atoms with Crippen LogP contribution in [0, 0.1) is 16.5 Å². The molecule has 12 heavy (non-hydrogen) atoms. The normalized spacial score (nSPS) is 9.92. The Kier molecular flexibility index (Phi) is 1.28. The van der Waals surface area contributed by atoms with Gasteiger partial charge in [-0.15, -0.1) is 0 Å². The molecule has 1 aromatic heterocycles. The van der Waals surface area contributed by atoms with Gasteiger partial charge in [-0.05, 0) is 6.07 Å². The van der Waals surface area contributed by atoms with Crippen LogP contribution >= 0.6 is 0 Å². The molecule has 0 bridgehead atoms. The van der Waals surface area contributed by atoms with Crippen LogP contribution in [-0.2, 0) is 0 Å². The Balaban J connectivity index is 2.94. The lowest BCUT2D eigenvalue weighted by Crippen LogP contribution is -1.78. The van der Waals surface area contributed by atoms with Crippen LogP contribution in [-0.4, -0.2) is 4.73 Å². The quantitative estimate of drug-likeness (QED) is 0.586. The second kappa shape index (κ2) is 2.28. The van der Waals surface area contributed by atoms with Gasteiger partial charge in [0.2, 0.25) is 0 Å². The first kappa shape index (κ1) is 6.74. The summed E-state index contributed by atoms with van der Waals surface area (Å²) in [6.45, 7) is 0. The molecule has 0 radical (unpaired) electrons. The molecule has 0 aliphatic rings. The van der Waals surface area contributed by atoms with Gasteiger partial charge in [0.25, 0.3) is 0 Å². The maximum absolute atomic E-state index is 11.1. The molecule has 2 rings (SSSR count). The lowest BCUT2D eigenvalue weighted by atomic mass is 10.2. The van der Waals surface area contributed by atoms with E-state index in [9.17, 15) is 5.21 Å². The molecule has 0 spiro atoms. The Labute approximate surface area is 69.0 Å². The molecule has 1 heterocycles. The molecule has 0 aliphatic carbocycles. The van der Waals surface area contributed by atoms with E-state index in [-0.39, 0.29) is 0 Å². The van der Waals surface area contributed by atoms with Gasteiger partial charge in [0.1, 0.15) is 6.07 Å². The van der Waals surface area contributed by atoms with Crippen molar-refractivity contribution in [1.29, 1.82) is 5.26 Å². The highest BCUT2D eigenvalue weighted by atomic mass is 16.5. The van der Waals surface area contributed by atoms with Gasteiger partial charge in [0.15, 0.2) is 0 Å². The molecule has 2 aromatic rings. The van der Waals surface area contributed by atoms with Crippen molar-refractivity contribution >= 4 is 10.9 Å². The van der Waals surface area contributed by atoms with Gasteiger partial charge in [0.05, 0.1) is 5.56 Å². The Bertz CT molecular complexity index is 465. The van der Waals surface area contributed by atoms with Gasteiger partial charge < -0.3 is 9.94 Å². The number of para-hydroxylation sites is 1. The summed E-state index contributed by atoms with van der Waals surface area (Å²) in [7, 11) is 0. The number of nitrogens with zero attached hydrogens (tertiary/aromatic N) is 2. The van der Waals surface area contributed by atoms with Gasteiger partial charge in [-0.3, -0.25) is 0 Å². The number of fused-ring (bicyclic) bond motifs is 1. The van der Waals surface area contributed by atoms with Crippen LogP contribution < -0.4 is 0 Å². The predicted molar refractivity (Wildman–Crippen MR) is 45.4 cm³/mol. The first-order chi connectivity index (χ1) is 5.83. The highest BCUT2D eigenvalue weighted by Gasteiger charge is 2.01. The molecular weight excluding hydrogens is 152 g/mol. The Hall–Kier alpha value is -1.95. The molecule has 0 aliphatic heterocycles. The first-order valence-corrected chi connectivity index (χ1v) is 3.50. The average molecular weight is 157 g/mol. The number of nitriles is 1. The zero-order valence-corrected chi connectivity index (χ0v) is 6.19. The number of hydrogen-bond donors (Lipinski definition) is 0. The largest absolute Gasteiger partial charge is 0.806 e. The van der Waals surface area contributed by atoms with E-state index in [1.54, 1.807) is 18.2 Å². The van der Waals surface area contributed by atoms with Gasteiger partial charge in [0, 0.05) is 17.1 Å². The fourth-order valence-electron chi connectivity index (χ4n) is 1.24. The third-order valence-corrected chi connectivity index (χ3v) is 1.80. The SMILES string of the molecule is N#Cc1cn([O-])c2ccccc12. The van der Waals surface area contributed by atoms with Crippen LogP contribution in [0.4, 0.5) is 0 Å². The van der Waals surface area contributed by atoms with E-state index in [0.29, 0.717) is 15.8 Å². The summed E-state index contributed by atoms with van der Waals surface area (Å²) in [5, 5.41) is 20.5. The number of hydrogen-bond acceptors (Lipinski definition) is 2. The predicted octanol–water partition coefficient (Wildman–Crippen LogP) is 1.86. The molecule has 58 valence electrons. The molecule has 0 atom stereocenters. The summed E-state index contributed by atoms with van der Waals surface area (Å²) >= 11 is 0. The third kappa shape index (κ3) is 0.753. The van der Waals surface area contributed by atoms with E-state index in [4.69, 9.17) is 5.26 Å². The number of rotatable bonds is 0. The summed E-state index contributed by atoms with van der Waals surface area (Å²) in [4.78, 5) is 0. The van der Waals surface area contributed by atoms with Crippen molar-refractivity contribution in [2.45, 2.75) is 0 Å². The third-order valence-electron chi connectivity index (χ3n) is 1.80. The summed E-state index contributed by atoms with van der Waals surface area (Å²) in [5.41, 5.74) is 0.981. The van der Waals surface area contributed by atoms with Crippen LogP contribution in [0.5, 0.6) is 0 Å². The molecule has 0 N–H and O–H groups in total. The summed E-state index contributed by atoms with van der Waals surface area (Å²) < 4.78 is 0.716. The Morgan fingerprint density at radius 1 is 1.33 bits per heavy atom. The molecule has 1 aromatic carbocycles. The van der Waals surface area contributed by atoms with E-state index >= 15 is 0 Å². The van der Waals surface area contributed by atoms with E-state index in [2.05, 4.69) is 0 Å². The Morgan fingerprint density at radius 3 is 2.83 bits per heavy atom. The maximum Gasteiger partial charge on any atom is 0.101 e. The van der Waals surface area contributed by atoms with Crippen LogP contribution in [0.1, 0.15) is 5.56 Å². The van der Waals surface area contributed by atoms with E-state index < -0.39 is 0 Å². The van der Waals surface area contributed by atoms with Crippen molar-refractivity contribution in [1.82, 2.24) is 4.73 Å². The fourth-order valence-corrected chi connectivity index (χ4v) is 1.24. The Morgan fingerprint density at radius 2 is 2.08 bits per heavy atom. The van der Waals surface area contributed by atoms with Crippen LogP contribution in [0.15, 0.2) is 30.5 Å². The minimum absolute atomic E-state index is 0.431. The molecule has 0 fully saturated rings. The van der Waals surface area contributed by atoms with E-state index in [1.165, 1.54) is 6.20 Å². The molecular formula is C9H5N2O-. The van der Waals surface area contributed by atoms with Crippen molar-refractivity contribution in [2.24, 2.45) is 0 Å². The first-order valence-electron chi connectivity index (χ1n) is 3.50. The van der Waals surface area contributed by atoms with Crippen molar-refractivity contribution in [2.75, 3.05) is 0 Å². The van der Waals surface area contributed by atoms with Crippen molar-refractivity contribution in [3.05, 3.63) is 41.2 Å². The minimum Gasteiger partial charge on any atom is -0.806 e. The van der Waals surface area contributed by atoms with E-state index in [0.717, 1.165) is 5.39 Å². The molecule has 3 nitrogen and oxygen atoms in total. The number of aromatic nitrogens is 1. The van der Waals surface area contributed by atoms with Crippen molar-refractivity contribution < 1.29 is 0 Å². The minimum atomic E-state index is 0.431. The highest BCUT2D eigenvalue weighted by Crippen LogP contribution is 2.18. The van der Waals surface area contributed by atoms with Crippen molar-refractivity contribution in [3.8, 4) is 6.07 Å². The average Bonchev–Trinajstić information content (AvgIpc) is 2.44. The van der Waals surface area contributed by atoms with Crippen LogP contribution in [0.25, 0.3) is 10.9 Å². The van der Waals surface area contributed by atoms with Crippen LogP contribution in [0.3, 0.4) is 0 Å². The second-order valence-corrected chi connectivity index (χ2v) is 2.50. The summed E-state index contributed by atoms with van der Waals surface area (Å²) in [5.74, 6) is 0. The van der Waals surface area contributed by atoms with Crippen LogP contribution in [0.2, 0.25) is 0 Å². The van der Waals surface area contributed by atoms with Crippen molar-refractivity contribution in [3.63, 3.8) is 0 Å². The zero-order chi connectivity index (χ0) is 8.55. The monoisotopic (exact) mass is 157 g/mol. The van der Waals surface area contributed by atoms with Gasteiger partial charge in [-0.2, -0.15) is 5.26 Å². The van der Waals surface area contributed by atoms with Gasteiger partial charge >= 0.3 is 0 Å². The lowest BCUT2D eigenvalue weighted by Gasteiger charge is -2.05. The molecule has 0 saturated carbocycles.